The first-order valence-corrected chi connectivity index (χ1v) is 6.94. The van der Waals surface area contributed by atoms with Gasteiger partial charge in [0.2, 0.25) is 0 Å². The lowest BCUT2D eigenvalue weighted by Crippen LogP contribution is -2.06. The van der Waals surface area contributed by atoms with Crippen LogP contribution in [0.4, 0.5) is 4.39 Å². The standard InChI is InChI=1S/C14H8BrCl2FO/c15-9-2-1-8(13(18)6-9)5-14(19)11-7-10(16)3-4-12(11)17/h1-4,6-7H,5H2. The number of benzene rings is 2. The van der Waals surface area contributed by atoms with Crippen molar-refractivity contribution < 1.29 is 9.18 Å². The molecule has 0 saturated heterocycles. The number of carbonyl (C=O) groups is 1. The van der Waals surface area contributed by atoms with E-state index in [1.165, 1.54) is 12.1 Å². The van der Waals surface area contributed by atoms with Crippen molar-refractivity contribution in [3.05, 3.63) is 67.9 Å². The SMILES string of the molecule is O=C(Cc1ccc(Br)cc1F)c1cc(Cl)ccc1Cl. The zero-order valence-corrected chi connectivity index (χ0v) is 12.7. The second-order valence-corrected chi connectivity index (χ2v) is 5.72. The summed E-state index contributed by atoms with van der Waals surface area (Å²) >= 11 is 14.9. The molecule has 0 aliphatic carbocycles. The molecule has 2 aromatic rings. The maximum absolute atomic E-state index is 13.7. The Kier molecular flexibility index (Phi) is 4.61. The van der Waals surface area contributed by atoms with Crippen molar-refractivity contribution in [2.75, 3.05) is 0 Å². The average Bonchev–Trinajstić information content (AvgIpc) is 2.35. The van der Waals surface area contributed by atoms with E-state index in [0.717, 1.165) is 0 Å². The Morgan fingerprint density at radius 2 is 1.89 bits per heavy atom. The molecule has 0 radical (unpaired) electrons. The molecule has 0 heterocycles. The van der Waals surface area contributed by atoms with E-state index in [4.69, 9.17) is 23.2 Å². The first kappa shape index (κ1) is 14.5. The Labute approximate surface area is 128 Å². The summed E-state index contributed by atoms with van der Waals surface area (Å²) in [5.74, 6) is -0.699. The Bertz CT molecular complexity index is 643. The minimum atomic E-state index is -0.430. The molecule has 19 heavy (non-hydrogen) atoms. The van der Waals surface area contributed by atoms with Crippen molar-refractivity contribution in [2.24, 2.45) is 0 Å². The second kappa shape index (κ2) is 6.04. The summed E-state index contributed by atoms with van der Waals surface area (Å²) in [7, 11) is 0. The quantitative estimate of drug-likeness (QED) is 0.676. The number of halogens is 4. The molecule has 1 nitrogen and oxygen atoms in total. The predicted molar refractivity (Wildman–Crippen MR) is 78.6 cm³/mol. The largest absolute Gasteiger partial charge is 0.294 e. The Morgan fingerprint density at radius 3 is 2.58 bits per heavy atom. The van der Waals surface area contributed by atoms with Gasteiger partial charge in [0.15, 0.2) is 5.78 Å². The van der Waals surface area contributed by atoms with Crippen molar-refractivity contribution >= 4 is 44.9 Å². The molecule has 0 spiro atoms. The molecule has 0 aromatic heterocycles. The predicted octanol–water partition coefficient (Wildman–Crippen LogP) is 5.32. The van der Waals surface area contributed by atoms with Crippen LogP contribution in [0, 0.1) is 5.82 Å². The maximum atomic E-state index is 13.7. The maximum Gasteiger partial charge on any atom is 0.168 e. The fourth-order valence-corrected chi connectivity index (χ4v) is 2.37. The van der Waals surface area contributed by atoms with E-state index in [1.807, 2.05) is 0 Å². The highest BCUT2D eigenvalue weighted by Crippen LogP contribution is 2.23. The van der Waals surface area contributed by atoms with Crippen molar-refractivity contribution in [3.8, 4) is 0 Å². The summed E-state index contributed by atoms with van der Waals surface area (Å²) in [4.78, 5) is 12.1. The smallest absolute Gasteiger partial charge is 0.168 e. The fourth-order valence-electron chi connectivity index (χ4n) is 1.64. The van der Waals surface area contributed by atoms with Gasteiger partial charge in [-0.2, -0.15) is 0 Å². The lowest BCUT2D eigenvalue weighted by atomic mass is 10.0. The molecule has 0 unspecified atom stereocenters. The third-order valence-electron chi connectivity index (χ3n) is 2.59. The molecule has 98 valence electrons. The highest BCUT2D eigenvalue weighted by molar-refractivity contribution is 9.10. The molecular weight excluding hydrogens is 354 g/mol. The van der Waals surface area contributed by atoms with E-state index >= 15 is 0 Å². The van der Waals surface area contributed by atoms with E-state index in [9.17, 15) is 9.18 Å². The van der Waals surface area contributed by atoms with Gasteiger partial charge in [-0.15, -0.1) is 0 Å². The zero-order valence-electron chi connectivity index (χ0n) is 9.59. The Morgan fingerprint density at radius 1 is 1.16 bits per heavy atom. The molecular formula is C14H8BrCl2FO. The number of hydrogen-bond donors (Lipinski definition) is 0. The van der Waals surface area contributed by atoms with Crippen molar-refractivity contribution in [2.45, 2.75) is 6.42 Å². The van der Waals surface area contributed by atoms with E-state index in [-0.39, 0.29) is 12.2 Å². The van der Waals surface area contributed by atoms with Crippen LogP contribution in [0.5, 0.6) is 0 Å². The van der Waals surface area contributed by atoms with Crippen LogP contribution in [-0.2, 0) is 6.42 Å². The van der Waals surface area contributed by atoms with Crippen LogP contribution in [0.25, 0.3) is 0 Å². The van der Waals surface area contributed by atoms with Gasteiger partial charge in [0.05, 0.1) is 5.02 Å². The van der Waals surface area contributed by atoms with Crippen LogP contribution in [-0.4, -0.2) is 5.78 Å². The van der Waals surface area contributed by atoms with Crippen LogP contribution in [0.15, 0.2) is 40.9 Å². The van der Waals surface area contributed by atoms with Gasteiger partial charge >= 0.3 is 0 Å². The molecule has 2 aromatic carbocycles. The molecule has 0 atom stereocenters. The monoisotopic (exact) mass is 360 g/mol. The van der Waals surface area contributed by atoms with Crippen LogP contribution >= 0.6 is 39.1 Å². The van der Waals surface area contributed by atoms with Gasteiger partial charge < -0.3 is 0 Å². The van der Waals surface area contributed by atoms with Gasteiger partial charge in [0.1, 0.15) is 5.82 Å². The number of ketones is 1. The van der Waals surface area contributed by atoms with Gasteiger partial charge in [-0.25, -0.2) is 4.39 Å². The molecule has 0 amide bonds. The topological polar surface area (TPSA) is 17.1 Å². The number of hydrogen-bond acceptors (Lipinski definition) is 1. The fraction of sp³-hybridized carbons (Fsp3) is 0.0714. The summed E-state index contributed by atoms with van der Waals surface area (Å²) in [5, 5.41) is 0.732. The Hall–Kier alpha value is -0.900. The third kappa shape index (κ3) is 3.56. The average molecular weight is 362 g/mol. The summed E-state index contributed by atoms with van der Waals surface area (Å²) < 4.78 is 14.3. The van der Waals surface area contributed by atoms with E-state index < -0.39 is 5.82 Å². The normalized spacial score (nSPS) is 10.5. The van der Waals surface area contributed by atoms with Crippen LogP contribution in [0.1, 0.15) is 15.9 Å². The van der Waals surface area contributed by atoms with E-state index in [1.54, 1.807) is 24.3 Å². The highest BCUT2D eigenvalue weighted by Gasteiger charge is 2.14. The summed E-state index contributed by atoms with van der Waals surface area (Å²) in [6.07, 6.45) is -0.0564. The molecule has 5 heteroatoms. The zero-order chi connectivity index (χ0) is 14.0. The molecule has 0 bridgehead atoms. The van der Waals surface area contributed by atoms with Crippen LogP contribution < -0.4 is 0 Å². The number of rotatable bonds is 3. The van der Waals surface area contributed by atoms with Gasteiger partial charge in [0, 0.05) is 21.5 Å². The molecule has 0 saturated carbocycles. The van der Waals surface area contributed by atoms with Gasteiger partial charge in [-0.1, -0.05) is 45.2 Å². The molecule has 0 aliphatic heterocycles. The van der Waals surface area contributed by atoms with Crippen molar-refractivity contribution in [3.63, 3.8) is 0 Å². The lowest BCUT2D eigenvalue weighted by Gasteiger charge is -2.06. The molecule has 0 aliphatic rings. The summed E-state index contributed by atoms with van der Waals surface area (Å²) in [6, 6.07) is 9.21. The highest BCUT2D eigenvalue weighted by atomic mass is 79.9. The van der Waals surface area contributed by atoms with Gasteiger partial charge in [-0.3, -0.25) is 4.79 Å². The first-order valence-electron chi connectivity index (χ1n) is 5.39. The molecule has 2 rings (SSSR count). The summed E-state index contributed by atoms with van der Waals surface area (Å²) in [6.45, 7) is 0. The molecule has 0 fully saturated rings. The van der Waals surface area contributed by atoms with Crippen molar-refractivity contribution in [1.29, 1.82) is 0 Å². The Balaban J connectivity index is 2.28. The van der Waals surface area contributed by atoms with Crippen LogP contribution in [0.2, 0.25) is 10.0 Å². The van der Waals surface area contributed by atoms with Crippen LogP contribution in [0.3, 0.4) is 0 Å². The molecule has 0 N–H and O–H groups in total. The minimum Gasteiger partial charge on any atom is -0.294 e. The second-order valence-electron chi connectivity index (χ2n) is 3.96. The van der Waals surface area contributed by atoms with E-state index in [2.05, 4.69) is 15.9 Å². The van der Waals surface area contributed by atoms with Gasteiger partial charge in [-0.05, 0) is 35.9 Å². The van der Waals surface area contributed by atoms with Crippen molar-refractivity contribution in [1.82, 2.24) is 0 Å². The third-order valence-corrected chi connectivity index (χ3v) is 3.65. The first-order chi connectivity index (χ1) is 8.97. The van der Waals surface area contributed by atoms with E-state index in [0.29, 0.717) is 25.6 Å². The minimum absolute atomic E-state index is 0.0564. The number of carbonyl (C=O) groups excluding carboxylic acids is 1. The lowest BCUT2D eigenvalue weighted by molar-refractivity contribution is 0.0992. The summed E-state index contributed by atoms with van der Waals surface area (Å²) in [5.41, 5.74) is 0.626. The van der Waals surface area contributed by atoms with Gasteiger partial charge in [0.25, 0.3) is 0 Å². The number of Topliss-reactive ketones (excluding diaryl/α,β-unsaturated/α-hetero) is 1.